The Bertz CT molecular complexity index is 56.7. The van der Waals surface area contributed by atoms with Crippen LogP contribution in [0.2, 0.25) is 0 Å². The van der Waals surface area contributed by atoms with E-state index in [1.54, 1.807) is 0 Å². The highest BCUT2D eigenvalue weighted by Gasteiger charge is 1.94. The van der Waals surface area contributed by atoms with E-state index in [4.69, 9.17) is 29.9 Å². The van der Waals surface area contributed by atoms with Crippen LogP contribution in [-0.2, 0) is 9.47 Å². The van der Waals surface area contributed by atoms with Crippen LogP contribution >= 0.6 is 0 Å². The second kappa shape index (κ2) is 18.5. The molecular weight excluding hydrogens is 192 g/mol. The van der Waals surface area contributed by atoms with Crippen LogP contribution in [0.3, 0.4) is 0 Å². The van der Waals surface area contributed by atoms with Crippen LogP contribution in [0.5, 0.6) is 0 Å². The number of ether oxygens (including phenoxy) is 2. The lowest BCUT2D eigenvalue weighted by molar-refractivity contribution is -0.0334. The van der Waals surface area contributed by atoms with Gasteiger partial charge in [-0.05, 0) is 0 Å². The first kappa shape index (κ1) is 16.2. The van der Waals surface area contributed by atoms with Gasteiger partial charge < -0.3 is 29.9 Å². The Morgan fingerprint density at radius 1 is 0.571 bits per heavy atom. The zero-order valence-corrected chi connectivity index (χ0v) is 8.26. The Kier molecular flexibility index (Phi) is 21.4. The Balaban J connectivity index is 0. The van der Waals surface area contributed by atoms with Crippen LogP contribution in [0.15, 0.2) is 0 Å². The van der Waals surface area contributed by atoms with Gasteiger partial charge >= 0.3 is 0 Å². The highest BCUT2D eigenvalue weighted by atomic mass is 16.6. The van der Waals surface area contributed by atoms with E-state index in [9.17, 15) is 0 Å². The molecule has 0 atom stereocenters. The third kappa shape index (κ3) is 22.6. The van der Waals surface area contributed by atoms with E-state index in [0.717, 1.165) is 26.4 Å². The van der Waals surface area contributed by atoms with Crippen molar-refractivity contribution in [2.45, 2.75) is 0 Å². The lowest BCUT2D eigenvalue weighted by atomic mass is 10.6. The molecule has 6 nitrogen and oxygen atoms in total. The van der Waals surface area contributed by atoms with Gasteiger partial charge in [-0.1, -0.05) is 0 Å². The number of rotatable bonds is 2. The van der Waals surface area contributed by atoms with Gasteiger partial charge in [0.1, 0.15) is 0 Å². The highest BCUT2D eigenvalue weighted by molar-refractivity contribution is 4.37. The summed E-state index contributed by atoms with van der Waals surface area (Å²) in [5, 5.41) is 30.5. The Hall–Kier alpha value is -0.240. The Morgan fingerprint density at radius 3 is 0.857 bits per heavy atom. The molecule has 0 aromatic carbocycles. The van der Waals surface area contributed by atoms with Gasteiger partial charge in [-0.2, -0.15) is 0 Å². The standard InChI is InChI=1S/C4H8O2.2C2H6O2/c1-2-6-4-3-5-1;2*3-1-2-4/h1-4H2;2*3-4H,1-2H2. The van der Waals surface area contributed by atoms with Crippen LogP contribution in [0.1, 0.15) is 0 Å². The first-order valence-corrected chi connectivity index (χ1v) is 4.42. The first-order valence-electron chi connectivity index (χ1n) is 4.42. The quantitative estimate of drug-likeness (QED) is 0.421. The summed E-state index contributed by atoms with van der Waals surface area (Å²) in [6.45, 7) is 2.61. The van der Waals surface area contributed by atoms with E-state index in [1.165, 1.54) is 0 Å². The Labute approximate surface area is 83.7 Å². The van der Waals surface area contributed by atoms with Crippen molar-refractivity contribution in [2.75, 3.05) is 52.9 Å². The molecule has 0 unspecified atom stereocenters. The minimum atomic E-state index is -0.125. The molecule has 1 rings (SSSR count). The topological polar surface area (TPSA) is 99.4 Å². The predicted octanol–water partition coefficient (Wildman–Crippen LogP) is -2.02. The average Bonchev–Trinajstić information content (AvgIpc) is 2.32. The van der Waals surface area contributed by atoms with Crippen LogP contribution in [0.4, 0.5) is 0 Å². The molecule has 1 aliphatic heterocycles. The van der Waals surface area contributed by atoms with E-state index in [1.807, 2.05) is 0 Å². The average molecular weight is 212 g/mol. The maximum Gasteiger partial charge on any atom is 0.0701 e. The third-order valence-electron chi connectivity index (χ3n) is 0.944. The molecule has 0 spiro atoms. The van der Waals surface area contributed by atoms with Gasteiger partial charge in [0.05, 0.1) is 52.9 Å². The number of aliphatic hydroxyl groups is 4. The SMILES string of the molecule is C1COCCO1.OCCO.OCCO. The maximum atomic E-state index is 7.62. The second-order valence-corrected chi connectivity index (χ2v) is 2.12. The molecule has 0 aliphatic carbocycles. The van der Waals surface area contributed by atoms with Crippen molar-refractivity contribution >= 4 is 0 Å². The Morgan fingerprint density at radius 2 is 0.786 bits per heavy atom. The molecule has 0 saturated carbocycles. The minimum absolute atomic E-state index is 0.125. The lowest BCUT2D eigenvalue weighted by Crippen LogP contribution is -2.16. The lowest BCUT2D eigenvalue weighted by Gasteiger charge is -2.09. The fourth-order valence-corrected chi connectivity index (χ4v) is 0.440. The summed E-state index contributed by atoms with van der Waals surface area (Å²) in [6, 6.07) is 0. The number of hydrogen-bond donors (Lipinski definition) is 4. The van der Waals surface area contributed by atoms with Gasteiger partial charge in [0.2, 0.25) is 0 Å². The van der Waals surface area contributed by atoms with Crippen molar-refractivity contribution in [1.29, 1.82) is 0 Å². The van der Waals surface area contributed by atoms with E-state index in [-0.39, 0.29) is 26.4 Å². The van der Waals surface area contributed by atoms with Gasteiger partial charge in [-0.25, -0.2) is 0 Å². The van der Waals surface area contributed by atoms with Crippen LogP contribution in [-0.4, -0.2) is 73.3 Å². The van der Waals surface area contributed by atoms with Crippen molar-refractivity contribution < 1.29 is 29.9 Å². The summed E-state index contributed by atoms with van der Waals surface area (Å²) in [7, 11) is 0. The molecule has 4 N–H and O–H groups in total. The van der Waals surface area contributed by atoms with Gasteiger partial charge in [-0.3, -0.25) is 0 Å². The molecule has 0 aromatic rings. The molecule has 0 aromatic heterocycles. The fraction of sp³-hybridized carbons (Fsp3) is 1.00. The molecule has 0 bridgehead atoms. The number of aliphatic hydroxyl groups excluding tert-OH is 4. The summed E-state index contributed by atoms with van der Waals surface area (Å²) < 4.78 is 9.89. The summed E-state index contributed by atoms with van der Waals surface area (Å²) in [5.74, 6) is 0. The number of hydrogen-bond acceptors (Lipinski definition) is 6. The summed E-state index contributed by atoms with van der Waals surface area (Å²) in [6.07, 6.45) is 0. The van der Waals surface area contributed by atoms with Crippen molar-refractivity contribution in [3.63, 3.8) is 0 Å². The first-order chi connectivity index (χ1) is 6.83. The van der Waals surface area contributed by atoms with E-state index >= 15 is 0 Å². The molecule has 1 fully saturated rings. The minimum Gasteiger partial charge on any atom is -0.394 e. The zero-order valence-electron chi connectivity index (χ0n) is 8.26. The van der Waals surface area contributed by atoms with Crippen molar-refractivity contribution in [3.05, 3.63) is 0 Å². The van der Waals surface area contributed by atoms with E-state index < -0.39 is 0 Å². The molecule has 88 valence electrons. The maximum absolute atomic E-state index is 7.62. The summed E-state index contributed by atoms with van der Waals surface area (Å²) >= 11 is 0. The summed E-state index contributed by atoms with van der Waals surface area (Å²) in [4.78, 5) is 0. The van der Waals surface area contributed by atoms with Gasteiger partial charge in [0.25, 0.3) is 0 Å². The fourth-order valence-electron chi connectivity index (χ4n) is 0.440. The smallest absolute Gasteiger partial charge is 0.0701 e. The molecule has 1 saturated heterocycles. The largest absolute Gasteiger partial charge is 0.394 e. The normalized spacial score (nSPS) is 14.6. The van der Waals surface area contributed by atoms with E-state index in [0.29, 0.717) is 0 Å². The predicted molar refractivity (Wildman–Crippen MR) is 50.0 cm³/mol. The van der Waals surface area contributed by atoms with Crippen LogP contribution < -0.4 is 0 Å². The third-order valence-corrected chi connectivity index (χ3v) is 0.944. The molecular formula is C8H20O6. The van der Waals surface area contributed by atoms with Gasteiger partial charge in [-0.15, -0.1) is 0 Å². The molecule has 1 heterocycles. The molecule has 6 heteroatoms. The molecule has 0 radical (unpaired) electrons. The monoisotopic (exact) mass is 212 g/mol. The van der Waals surface area contributed by atoms with Crippen LogP contribution in [0.25, 0.3) is 0 Å². The van der Waals surface area contributed by atoms with Crippen molar-refractivity contribution in [2.24, 2.45) is 0 Å². The molecule has 0 amide bonds. The van der Waals surface area contributed by atoms with Crippen LogP contribution in [0, 0.1) is 0 Å². The van der Waals surface area contributed by atoms with Crippen molar-refractivity contribution in [1.82, 2.24) is 0 Å². The van der Waals surface area contributed by atoms with Gasteiger partial charge in [0.15, 0.2) is 0 Å². The second-order valence-electron chi connectivity index (χ2n) is 2.12. The highest BCUT2D eigenvalue weighted by Crippen LogP contribution is 1.85. The molecule has 14 heavy (non-hydrogen) atoms. The molecule has 1 aliphatic rings. The van der Waals surface area contributed by atoms with E-state index in [2.05, 4.69) is 0 Å². The summed E-state index contributed by atoms with van der Waals surface area (Å²) in [5.41, 5.74) is 0. The van der Waals surface area contributed by atoms with Crippen molar-refractivity contribution in [3.8, 4) is 0 Å². The zero-order chi connectivity index (χ0) is 11.1. The van der Waals surface area contributed by atoms with Gasteiger partial charge in [0, 0.05) is 0 Å².